The number of amides is 1. The number of ether oxygens (including phenoxy) is 1. The number of nitrogens with two attached hydrogens (primary N) is 1. The highest BCUT2D eigenvalue weighted by atomic mass is 35.5. The van der Waals surface area contributed by atoms with Gasteiger partial charge in [0.05, 0.1) is 5.02 Å². The summed E-state index contributed by atoms with van der Waals surface area (Å²) >= 11 is 6.13. The number of hydrogen-bond acceptors (Lipinski definition) is 3. The lowest BCUT2D eigenvalue weighted by Crippen LogP contribution is -2.34. The van der Waals surface area contributed by atoms with Gasteiger partial charge in [0, 0.05) is 24.1 Å². The minimum atomic E-state index is -0.512. The average Bonchev–Trinajstić information content (AvgIpc) is 2.57. The monoisotopic (exact) mass is 364 g/mol. The Morgan fingerprint density at radius 1 is 1.28 bits per heavy atom. The summed E-state index contributed by atoms with van der Waals surface area (Å²) in [5, 5.41) is 3.43. The summed E-state index contributed by atoms with van der Waals surface area (Å²) in [5.41, 5.74) is 5.66. The Morgan fingerprint density at radius 3 is 2.56 bits per heavy atom. The standard InChI is InChI=1S/C19H22ClFN2O2/c1-3-16(23-12(2)11-17(22)24)14-9-10-15(20)19(18(14)21)25-13-7-5-4-6-8-13/h4-10,12,16,23H,3,11H2,1-2H3,(H2,22,24)/t12-,16+/m1/s1. The van der Waals surface area contributed by atoms with Gasteiger partial charge in [0.1, 0.15) is 5.75 Å². The van der Waals surface area contributed by atoms with Gasteiger partial charge in [-0.2, -0.15) is 0 Å². The second-order valence-corrected chi connectivity index (χ2v) is 6.30. The Morgan fingerprint density at radius 2 is 1.96 bits per heavy atom. The van der Waals surface area contributed by atoms with Crippen LogP contribution in [0.15, 0.2) is 42.5 Å². The summed E-state index contributed by atoms with van der Waals surface area (Å²) in [5.74, 6) is -0.418. The van der Waals surface area contributed by atoms with Crippen LogP contribution in [0.2, 0.25) is 5.02 Å². The van der Waals surface area contributed by atoms with Crippen molar-refractivity contribution in [3.8, 4) is 11.5 Å². The number of halogens is 2. The van der Waals surface area contributed by atoms with Gasteiger partial charge in [-0.25, -0.2) is 4.39 Å². The van der Waals surface area contributed by atoms with Crippen LogP contribution < -0.4 is 15.8 Å². The molecule has 134 valence electrons. The van der Waals surface area contributed by atoms with E-state index in [1.54, 1.807) is 36.4 Å². The summed E-state index contributed by atoms with van der Waals surface area (Å²) in [6.07, 6.45) is 0.811. The lowest BCUT2D eigenvalue weighted by molar-refractivity contribution is -0.118. The number of carbonyl (C=O) groups excluding carboxylic acids is 1. The van der Waals surface area contributed by atoms with Crippen molar-refractivity contribution in [1.29, 1.82) is 0 Å². The highest BCUT2D eigenvalue weighted by molar-refractivity contribution is 6.32. The maximum atomic E-state index is 15.0. The van der Waals surface area contributed by atoms with Crippen molar-refractivity contribution in [3.05, 3.63) is 58.9 Å². The van der Waals surface area contributed by atoms with Crippen molar-refractivity contribution in [2.45, 2.75) is 38.8 Å². The molecule has 0 radical (unpaired) electrons. The minimum Gasteiger partial charge on any atom is -0.453 e. The van der Waals surface area contributed by atoms with Crippen LogP contribution in [0, 0.1) is 5.82 Å². The van der Waals surface area contributed by atoms with E-state index in [9.17, 15) is 4.79 Å². The number of carbonyl (C=O) groups is 1. The molecule has 0 unspecified atom stereocenters. The lowest BCUT2D eigenvalue weighted by atomic mass is 10.0. The highest BCUT2D eigenvalue weighted by Crippen LogP contribution is 2.36. The number of rotatable bonds is 8. The van der Waals surface area contributed by atoms with E-state index in [4.69, 9.17) is 22.1 Å². The second-order valence-electron chi connectivity index (χ2n) is 5.89. The van der Waals surface area contributed by atoms with E-state index in [0.29, 0.717) is 17.7 Å². The molecule has 2 rings (SSSR count). The third-order valence-corrected chi connectivity index (χ3v) is 4.12. The molecule has 0 aliphatic rings. The Bertz CT molecular complexity index is 725. The molecule has 2 atom stereocenters. The first-order valence-electron chi connectivity index (χ1n) is 8.17. The molecule has 2 aromatic rings. The van der Waals surface area contributed by atoms with Crippen LogP contribution in [0.25, 0.3) is 0 Å². The summed E-state index contributed by atoms with van der Waals surface area (Å²) in [4.78, 5) is 11.1. The van der Waals surface area contributed by atoms with Crippen LogP contribution in [0.1, 0.15) is 38.3 Å². The third-order valence-electron chi connectivity index (χ3n) is 3.82. The van der Waals surface area contributed by atoms with Crippen LogP contribution in [-0.4, -0.2) is 11.9 Å². The topological polar surface area (TPSA) is 64.3 Å². The second kappa shape index (κ2) is 8.83. The molecule has 0 saturated heterocycles. The molecule has 25 heavy (non-hydrogen) atoms. The Kier molecular flexibility index (Phi) is 6.79. The van der Waals surface area contributed by atoms with E-state index in [-0.39, 0.29) is 29.3 Å². The molecule has 3 N–H and O–H groups in total. The van der Waals surface area contributed by atoms with E-state index in [1.807, 2.05) is 19.9 Å². The van der Waals surface area contributed by atoms with Gasteiger partial charge in [0.25, 0.3) is 0 Å². The zero-order valence-corrected chi connectivity index (χ0v) is 15.0. The molecule has 4 nitrogen and oxygen atoms in total. The fraction of sp³-hybridized carbons (Fsp3) is 0.316. The number of primary amides is 1. The van der Waals surface area contributed by atoms with Crippen LogP contribution in [-0.2, 0) is 4.79 Å². The fourth-order valence-corrected chi connectivity index (χ4v) is 2.83. The number of hydrogen-bond donors (Lipinski definition) is 2. The summed E-state index contributed by atoms with van der Waals surface area (Å²) < 4.78 is 20.7. The van der Waals surface area contributed by atoms with E-state index in [1.165, 1.54) is 0 Å². The predicted octanol–water partition coefficient (Wildman–Crippen LogP) is 4.58. The van der Waals surface area contributed by atoms with Crippen LogP contribution >= 0.6 is 11.6 Å². The van der Waals surface area contributed by atoms with Gasteiger partial charge in [0.15, 0.2) is 11.6 Å². The molecule has 6 heteroatoms. The maximum absolute atomic E-state index is 15.0. The van der Waals surface area contributed by atoms with Gasteiger partial charge in [-0.3, -0.25) is 4.79 Å². The van der Waals surface area contributed by atoms with Crippen LogP contribution in [0.3, 0.4) is 0 Å². The molecule has 0 aliphatic heterocycles. The summed E-state index contributed by atoms with van der Waals surface area (Å²) in [7, 11) is 0. The van der Waals surface area contributed by atoms with Gasteiger partial charge in [0.2, 0.25) is 5.91 Å². The van der Waals surface area contributed by atoms with Crippen molar-refractivity contribution in [2.75, 3.05) is 0 Å². The first-order chi connectivity index (χ1) is 11.9. The molecule has 0 aliphatic carbocycles. The van der Waals surface area contributed by atoms with Gasteiger partial charge in [-0.15, -0.1) is 0 Å². The largest absolute Gasteiger partial charge is 0.453 e. The molecule has 0 bridgehead atoms. The van der Waals surface area contributed by atoms with Gasteiger partial charge >= 0.3 is 0 Å². The normalized spacial score (nSPS) is 13.3. The van der Waals surface area contributed by atoms with Crippen LogP contribution in [0.5, 0.6) is 11.5 Å². The quantitative estimate of drug-likeness (QED) is 0.720. The number of para-hydroxylation sites is 1. The molecule has 0 aromatic heterocycles. The summed E-state index contributed by atoms with van der Waals surface area (Å²) in [6.45, 7) is 3.77. The zero-order chi connectivity index (χ0) is 18.4. The Hall–Kier alpha value is -2.11. The zero-order valence-electron chi connectivity index (χ0n) is 14.3. The highest BCUT2D eigenvalue weighted by Gasteiger charge is 2.22. The van der Waals surface area contributed by atoms with Crippen molar-refractivity contribution in [3.63, 3.8) is 0 Å². The first kappa shape index (κ1) is 19.2. The lowest BCUT2D eigenvalue weighted by Gasteiger charge is -2.23. The molecule has 1 amide bonds. The average molecular weight is 365 g/mol. The van der Waals surface area contributed by atoms with E-state index in [2.05, 4.69) is 5.32 Å². The molecule has 0 saturated carbocycles. The van der Waals surface area contributed by atoms with Gasteiger partial charge in [-0.05, 0) is 31.5 Å². The number of benzene rings is 2. The molecule has 2 aromatic carbocycles. The fourth-order valence-electron chi connectivity index (χ4n) is 2.65. The van der Waals surface area contributed by atoms with E-state index >= 15 is 4.39 Å². The molecule has 0 spiro atoms. The molecular weight excluding hydrogens is 343 g/mol. The van der Waals surface area contributed by atoms with Gasteiger partial charge in [-0.1, -0.05) is 42.8 Å². The predicted molar refractivity (Wildman–Crippen MR) is 97.4 cm³/mol. The Balaban J connectivity index is 2.28. The number of nitrogens with one attached hydrogen (secondary N) is 1. The van der Waals surface area contributed by atoms with Crippen LogP contribution in [0.4, 0.5) is 4.39 Å². The minimum absolute atomic E-state index is 0.00632. The SMILES string of the molecule is CC[C@H](N[C@H](C)CC(N)=O)c1ccc(Cl)c(Oc2ccccc2)c1F. The van der Waals surface area contributed by atoms with Gasteiger partial charge < -0.3 is 15.8 Å². The van der Waals surface area contributed by atoms with Crippen molar-refractivity contribution in [2.24, 2.45) is 5.73 Å². The first-order valence-corrected chi connectivity index (χ1v) is 8.55. The summed E-state index contributed by atoms with van der Waals surface area (Å²) in [6, 6.07) is 11.7. The van der Waals surface area contributed by atoms with Crippen molar-refractivity contribution >= 4 is 17.5 Å². The van der Waals surface area contributed by atoms with E-state index in [0.717, 1.165) is 0 Å². The van der Waals surface area contributed by atoms with Crippen molar-refractivity contribution < 1.29 is 13.9 Å². The smallest absolute Gasteiger partial charge is 0.218 e. The Labute approximate surface area is 152 Å². The molecular formula is C19H22ClFN2O2. The maximum Gasteiger partial charge on any atom is 0.218 e. The van der Waals surface area contributed by atoms with Crippen molar-refractivity contribution in [1.82, 2.24) is 5.32 Å². The molecule has 0 fully saturated rings. The molecule has 0 heterocycles. The third kappa shape index (κ3) is 5.18. The van der Waals surface area contributed by atoms with E-state index < -0.39 is 11.7 Å².